The molecule has 0 aliphatic carbocycles. The van der Waals surface area contributed by atoms with Crippen molar-refractivity contribution in [1.29, 1.82) is 0 Å². The van der Waals surface area contributed by atoms with Crippen LogP contribution in [0, 0.1) is 11.7 Å². The number of aryl methyl sites for hydroxylation is 1. The third-order valence-electron chi connectivity index (χ3n) is 6.38. The van der Waals surface area contributed by atoms with Crippen LogP contribution in [0.5, 0.6) is 5.75 Å². The Morgan fingerprint density at radius 3 is 2.26 bits per heavy atom. The van der Waals surface area contributed by atoms with E-state index in [1.165, 1.54) is 50.2 Å². The van der Waals surface area contributed by atoms with Gasteiger partial charge in [-0.05, 0) is 49.1 Å². The van der Waals surface area contributed by atoms with E-state index in [2.05, 4.69) is 13.8 Å². The highest BCUT2D eigenvalue weighted by molar-refractivity contribution is 5.91. The van der Waals surface area contributed by atoms with Crippen molar-refractivity contribution in [3.8, 4) is 5.75 Å². The first-order valence-electron chi connectivity index (χ1n) is 12.9. The van der Waals surface area contributed by atoms with E-state index in [1.54, 1.807) is 24.3 Å². The molecule has 2 aromatic rings. The first-order chi connectivity index (χ1) is 16.6. The van der Waals surface area contributed by atoms with Crippen LogP contribution >= 0.6 is 0 Å². The molecule has 0 aromatic heterocycles. The van der Waals surface area contributed by atoms with Gasteiger partial charge in [-0.2, -0.15) is 0 Å². The number of carbonyl (C=O) groups is 1. The van der Waals surface area contributed by atoms with Crippen molar-refractivity contribution in [3.05, 3.63) is 65.0 Å². The molecule has 1 saturated heterocycles. The molecule has 0 atom stereocenters. The predicted molar refractivity (Wildman–Crippen MR) is 133 cm³/mol. The number of halogens is 1. The lowest BCUT2D eigenvalue weighted by molar-refractivity contribution is -0.207. The Morgan fingerprint density at radius 2 is 1.59 bits per heavy atom. The Labute approximate surface area is 203 Å². The van der Waals surface area contributed by atoms with Crippen LogP contribution in [0.25, 0.3) is 0 Å². The van der Waals surface area contributed by atoms with Crippen LogP contribution in [0.1, 0.15) is 99.4 Å². The molecule has 0 unspecified atom stereocenters. The van der Waals surface area contributed by atoms with Gasteiger partial charge in [0.2, 0.25) is 0 Å². The second-order valence-corrected chi connectivity index (χ2v) is 9.29. The Morgan fingerprint density at radius 1 is 0.912 bits per heavy atom. The summed E-state index contributed by atoms with van der Waals surface area (Å²) in [5.74, 6) is -0.302. The smallest absolute Gasteiger partial charge is 0.343 e. The number of esters is 1. The maximum absolute atomic E-state index is 14.7. The van der Waals surface area contributed by atoms with Gasteiger partial charge in [-0.1, -0.05) is 77.0 Å². The number of unbranched alkanes of at least 4 members (excludes halogenated alkanes) is 6. The minimum Gasteiger partial charge on any atom is -0.423 e. The lowest BCUT2D eigenvalue weighted by Crippen LogP contribution is -2.27. The largest absolute Gasteiger partial charge is 0.423 e. The monoisotopic (exact) mass is 470 g/mol. The molecule has 0 radical (unpaired) electrons. The van der Waals surface area contributed by atoms with Crippen LogP contribution in [0.2, 0.25) is 0 Å². The van der Waals surface area contributed by atoms with Crippen LogP contribution in [-0.4, -0.2) is 19.2 Å². The third-order valence-corrected chi connectivity index (χ3v) is 6.38. The van der Waals surface area contributed by atoms with Gasteiger partial charge in [0.05, 0.1) is 18.8 Å². The molecule has 34 heavy (non-hydrogen) atoms. The van der Waals surface area contributed by atoms with Crippen LogP contribution in [-0.2, 0) is 15.9 Å². The molecule has 186 valence electrons. The van der Waals surface area contributed by atoms with Gasteiger partial charge in [-0.25, -0.2) is 9.18 Å². The molecule has 5 heteroatoms. The minimum atomic E-state index is -0.734. The van der Waals surface area contributed by atoms with Gasteiger partial charge >= 0.3 is 5.97 Å². The number of ether oxygens (including phenoxy) is 3. The minimum absolute atomic E-state index is 0.161. The topological polar surface area (TPSA) is 44.8 Å². The Hall–Kier alpha value is -2.24. The van der Waals surface area contributed by atoms with Gasteiger partial charge in [0, 0.05) is 11.5 Å². The standard InChI is InChI=1S/C29H39FO4/c1-3-5-7-8-9-10-12-22-13-16-25(17-14-22)34-28(31)24-15-18-26(27(30)19-24)29-32-20-23(21-33-29)11-6-4-2/h13-19,23,29H,3-12,20-21H2,1-2H3. The predicted octanol–water partition coefficient (Wildman–Crippen LogP) is 7.80. The molecule has 1 heterocycles. The van der Waals surface area contributed by atoms with E-state index < -0.39 is 18.1 Å². The molecule has 1 fully saturated rings. The van der Waals surface area contributed by atoms with Crippen LogP contribution in [0.3, 0.4) is 0 Å². The van der Waals surface area contributed by atoms with E-state index in [0.717, 1.165) is 25.7 Å². The zero-order chi connectivity index (χ0) is 24.2. The highest BCUT2D eigenvalue weighted by atomic mass is 19.1. The lowest BCUT2D eigenvalue weighted by Gasteiger charge is -2.29. The van der Waals surface area contributed by atoms with Crippen molar-refractivity contribution in [2.45, 2.75) is 84.3 Å². The summed E-state index contributed by atoms with van der Waals surface area (Å²) in [6, 6.07) is 11.9. The van der Waals surface area contributed by atoms with Gasteiger partial charge in [-0.15, -0.1) is 0 Å². The van der Waals surface area contributed by atoms with E-state index in [9.17, 15) is 9.18 Å². The van der Waals surface area contributed by atoms with Crippen molar-refractivity contribution >= 4 is 5.97 Å². The molecule has 0 amide bonds. The number of benzene rings is 2. The normalized spacial score (nSPS) is 18.1. The van der Waals surface area contributed by atoms with E-state index in [-0.39, 0.29) is 5.56 Å². The van der Waals surface area contributed by atoms with Crippen molar-refractivity contribution in [3.63, 3.8) is 0 Å². The summed E-state index contributed by atoms with van der Waals surface area (Å²) in [7, 11) is 0. The molecule has 0 N–H and O–H groups in total. The third kappa shape index (κ3) is 8.21. The molecule has 0 bridgehead atoms. The number of rotatable bonds is 13. The van der Waals surface area contributed by atoms with Gasteiger partial charge in [-0.3, -0.25) is 0 Å². The fraction of sp³-hybridized carbons (Fsp3) is 0.552. The fourth-order valence-electron chi connectivity index (χ4n) is 4.23. The second-order valence-electron chi connectivity index (χ2n) is 9.29. The van der Waals surface area contributed by atoms with E-state index in [4.69, 9.17) is 14.2 Å². The summed E-state index contributed by atoms with van der Waals surface area (Å²) in [5.41, 5.74) is 1.70. The van der Waals surface area contributed by atoms with Gasteiger partial charge in [0.15, 0.2) is 6.29 Å². The summed E-state index contributed by atoms with van der Waals surface area (Å²) < 4.78 is 31.7. The maximum Gasteiger partial charge on any atom is 0.343 e. The molecule has 1 aliphatic rings. The Balaban J connectivity index is 1.47. The summed E-state index contributed by atoms with van der Waals surface area (Å²) in [6.07, 6.45) is 11.2. The van der Waals surface area contributed by atoms with Crippen LogP contribution in [0.15, 0.2) is 42.5 Å². The Kier molecular flexibility index (Phi) is 11.0. The highest BCUT2D eigenvalue weighted by Gasteiger charge is 2.26. The average molecular weight is 471 g/mol. The summed E-state index contributed by atoms with van der Waals surface area (Å²) in [6.45, 7) is 5.50. The number of hydrogen-bond donors (Lipinski definition) is 0. The van der Waals surface area contributed by atoms with Crippen LogP contribution in [0.4, 0.5) is 4.39 Å². The lowest BCUT2D eigenvalue weighted by atomic mass is 10.0. The zero-order valence-electron chi connectivity index (χ0n) is 20.7. The second kappa shape index (κ2) is 14.2. The first kappa shape index (κ1) is 26.4. The van der Waals surface area contributed by atoms with E-state index >= 15 is 0 Å². The van der Waals surface area contributed by atoms with Gasteiger partial charge < -0.3 is 14.2 Å². The zero-order valence-corrected chi connectivity index (χ0v) is 20.7. The molecule has 0 saturated carbocycles. The summed E-state index contributed by atoms with van der Waals surface area (Å²) in [4.78, 5) is 12.5. The van der Waals surface area contributed by atoms with E-state index in [0.29, 0.717) is 30.4 Å². The average Bonchev–Trinajstić information content (AvgIpc) is 2.86. The van der Waals surface area contributed by atoms with Crippen molar-refractivity contribution in [2.24, 2.45) is 5.92 Å². The summed E-state index contributed by atoms with van der Waals surface area (Å²) in [5, 5.41) is 0. The number of carbonyl (C=O) groups excluding carboxylic acids is 1. The summed E-state index contributed by atoms with van der Waals surface area (Å²) >= 11 is 0. The maximum atomic E-state index is 14.7. The molecule has 3 rings (SSSR count). The van der Waals surface area contributed by atoms with Crippen molar-refractivity contribution < 1.29 is 23.4 Å². The van der Waals surface area contributed by atoms with Gasteiger partial charge in [0.1, 0.15) is 11.6 Å². The van der Waals surface area contributed by atoms with Crippen molar-refractivity contribution in [1.82, 2.24) is 0 Å². The first-order valence-corrected chi connectivity index (χ1v) is 12.9. The Bertz CT molecular complexity index is 872. The molecule has 4 nitrogen and oxygen atoms in total. The van der Waals surface area contributed by atoms with Crippen molar-refractivity contribution in [2.75, 3.05) is 13.2 Å². The molecule has 0 spiro atoms. The quantitative estimate of drug-likeness (QED) is 0.170. The fourth-order valence-corrected chi connectivity index (χ4v) is 4.23. The molecular weight excluding hydrogens is 431 g/mol. The molecular formula is C29H39FO4. The van der Waals surface area contributed by atoms with Gasteiger partial charge in [0.25, 0.3) is 0 Å². The molecule has 2 aromatic carbocycles. The highest BCUT2D eigenvalue weighted by Crippen LogP contribution is 2.29. The van der Waals surface area contributed by atoms with E-state index in [1.807, 2.05) is 12.1 Å². The van der Waals surface area contributed by atoms with Crippen LogP contribution < -0.4 is 4.74 Å². The molecule has 1 aliphatic heterocycles. The number of hydrogen-bond acceptors (Lipinski definition) is 4. The SMILES string of the molecule is CCCCCCCCc1ccc(OC(=O)c2ccc(C3OCC(CCCC)CO3)c(F)c2)cc1.